The van der Waals surface area contributed by atoms with Gasteiger partial charge in [-0.3, -0.25) is 0 Å². The molecule has 0 nitrogen and oxygen atoms in total. The van der Waals surface area contributed by atoms with E-state index in [9.17, 15) is 0 Å². The molecule has 4 heteroatoms. The molecule has 0 bridgehead atoms. The molecule has 1 atom stereocenters. The first-order valence-electron chi connectivity index (χ1n) is 12.8. The van der Waals surface area contributed by atoms with Gasteiger partial charge in [-0.25, -0.2) is 0 Å². The Balaban J connectivity index is 0.000000809. The van der Waals surface area contributed by atoms with Crippen molar-refractivity contribution in [3.8, 4) is 22.3 Å². The van der Waals surface area contributed by atoms with Crippen LogP contribution < -0.4 is 24.8 Å². The standard InChI is InChI=1S/C32H27.C2H7Si.2ClH.Zr/c1-4-22-18-30-26(24-16-15-20(2)17-21(24)3)11-7-13-28(30)32(22)29-14-8-12-27-25-10-6-5-9-23(25)19-31(27)29;1-3-2;;;/h5-13,15-18,32H,4,19H2,1-3H3;3H,1-2H3;2*1H;/q-1;;;;+3/p-2. The van der Waals surface area contributed by atoms with Crippen LogP contribution in [0.5, 0.6) is 0 Å². The minimum Gasteiger partial charge on any atom is -1.00 e. The van der Waals surface area contributed by atoms with Gasteiger partial charge in [0.25, 0.3) is 0 Å². The van der Waals surface area contributed by atoms with Gasteiger partial charge in [0, 0.05) is 15.4 Å². The van der Waals surface area contributed by atoms with Crippen LogP contribution >= 0.6 is 0 Å². The maximum Gasteiger partial charge on any atom is 3.00 e. The van der Waals surface area contributed by atoms with E-state index >= 15 is 0 Å². The van der Waals surface area contributed by atoms with Gasteiger partial charge in [0.05, 0.1) is 0 Å². The van der Waals surface area contributed by atoms with E-state index in [4.69, 9.17) is 0 Å². The van der Waals surface area contributed by atoms with Crippen molar-refractivity contribution in [2.75, 3.05) is 0 Å². The number of allylic oxidation sites excluding steroid dienone is 1. The SMILES string of the molecule is CCC1=Cc2c(-c3ccc(C)cc3C)cccc2C1c1[c-]ccc2c1Cc1ccccc1-2.C[SiH]C.[Cl-].[Cl-].[Zr+3]. The van der Waals surface area contributed by atoms with Gasteiger partial charge in [-0.1, -0.05) is 97.9 Å². The molecule has 0 fully saturated rings. The molecule has 1 unspecified atom stereocenters. The molecule has 0 aliphatic heterocycles. The van der Waals surface area contributed by atoms with E-state index < -0.39 is 0 Å². The van der Waals surface area contributed by atoms with Gasteiger partial charge in [-0.05, 0) is 65.6 Å². The number of aryl methyl sites for hydroxylation is 2. The molecular weight excluding hydrogens is 599 g/mol. The van der Waals surface area contributed by atoms with Crippen LogP contribution in [-0.4, -0.2) is 9.52 Å². The van der Waals surface area contributed by atoms with Crippen molar-refractivity contribution in [1.82, 2.24) is 0 Å². The van der Waals surface area contributed by atoms with Crippen molar-refractivity contribution in [3.05, 3.63) is 123 Å². The predicted molar refractivity (Wildman–Crippen MR) is 154 cm³/mol. The van der Waals surface area contributed by atoms with E-state index in [-0.39, 0.29) is 51.0 Å². The molecule has 4 aromatic carbocycles. The van der Waals surface area contributed by atoms with Gasteiger partial charge < -0.3 is 24.8 Å². The zero-order valence-electron chi connectivity index (χ0n) is 22.8. The second-order valence-corrected chi connectivity index (χ2v) is 11.0. The van der Waals surface area contributed by atoms with Gasteiger partial charge in [0.2, 0.25) is 0 Å². The Morgan fingerprint density at radius 3 is 2.26 bits per heavy atom. The summed E-state index contributed by atoms with van der Waals surface area (Å²) in [7, 11) is 0.750. The Hall–Kier alpha value is -1.70. The van der Waals surface area contributed by atoms with Crippen molar-refractivity contribution in [3.63, 3.8) is 0 Å². The molecule has 0 aromatic heterocycles. The first-order valence-corrected chi connectivity index (χ1v) is 15.1. The quantitative estimate of drug-likeness (QED) is 0.212. The summed E-state index contributed by atoms with van der Waals surface area (Å²) in [6.45, 7) is 11.1. The molecule has 2 aliphatic rings. The number of halogens is 2. The number of fused-ring (bicyclic) bond motifs is 4. The van der Waals surface area contributed by atoms with Crippen LogP contribution in [0.3, 0.4) is 0 Å². The smallest absolute Gasteiger partial charge is 1.00 e. The summed E-state index contributed by atoms with van der Waals surface area (Å²) >= 11 is 0. The van der Waals surface area contributed by atoms with Crippen molar-refractivity contribution in [2.45, 2.75) is 52.6 Å². The second-order valence-electron chi connectivity index (χ2n) is 9.83. The number of hydrogen-bond donors (Lipinski definition) is 0. The fourth-order valence-corrected chi connectivity index (χ4v) is 5.84. The van der Waals surface area contributed by atoms with E-state index in [1.54, 1.807) is 0 Å². The first kappa shape index (κ1) is 32.5. The topological polar surface area (TPSA) is 0 Å². The summed E-state index contributed by atoms with van der Waals surface area (Å²) in [4.78, 5) is 0. The molecule has 2 aliphatic carbocycles. The zero-order valence-corrected chi connectivity index (χ0v) is 28.0. The molecule has 0 amide bonds. The molecule has 192 valence electrons. The monoisotopic (exact) mass is 630 g/mol. The Kier molecular flexibility index (Phi) is 12.1. The first-order chi connectivity index (χ1) is 17.1. The molecule has 0 heterocycles. The predicted octanol–water partition coefficient (Wildman–Crippen LogP) is 2.81. The summed E-state index contributed by atoms with van der Waals surface area (Å²) in [5, 5.41) is 0. The third-order valence-electron chi connectivity index (χ3n) is 7.33. The Morgan fingerprint density at radius 1 is 0.842 bits per heavy atom. The van der Waals surface area contributed by atoms with Crippen molar-refractivity contribution in [2.24, 2.45) is 0 Å². The van der Waals surface area contributed by atoms with E-state index in [0.29, 0.717) is 5.92 Å². The van der Waals surface area contributed by atoms with Gasteiger partial charge in [0.1, 0.15) is 0 Å². The molecule has 2 radical (unpaired) electrons. The van der Waals surface area contributed by atoms with Crippen LogP contribution in [0.2, 0.25) is 13.1 Å². The van der Waals surface area contributed by atoms with Gasteiger partial charge in [-0.2, -0.15) is 18.2 Å². The second kappa shape index (κ2) is 14.1. The van der Waals surface area contributed by atoms with Gasteiger partial charge in [0.15, 0.2) is 0 Å². The average molecular weight is 633 g/mol. The molecule has 38 heavy (non-hydrogen) atoms. The summed E-state index contributed by atoms with van der Waals surface area (Å²) in [5.41, 5.74) is 16.7. The Bertz CT molecular complexity index is 1440. The zero-order chi connectivity index (χ0) is 24.5. The molecule has 0 saturated heterocycles. The van der Waals surface area contributed by atoms with Crippen LogP contribution in [0.1, 0.15) is 58.2 Å². The van der Waals surface area contributed by atoms with Crippen LogP contribution in [0.25, 0.3) is 28.3 Å². The molecule has 0 spiro atoms. The summed E-state index contributed by atoms with van der Waals surface area (Å²) in [6.07, 6.45) is 4.53. The number of rotatable bonds is 3. The molecule has 0 N–H and O–H groups in total. The maximum absolute atomic E-state index is 3.69. The van der Waals surface area contributed by atoms with Crippen molar-refractivity contribution in [1.29, 1.82) is 0 Å². The third kappa shape index (κ3) is 5.90. The summed E-state index contributed by atoms with van der Waals surface area (Å²) in [6, 6.07) is 30.6. The van der Waals surface area contributed by atoms with Gasteiger partial charge in [-0.15, -0.1) is 16.7 Å². The Labute approximate surface area is 263 Å². The molecule has 4 aromatic rings. The van der Waals surface area contributed by atoms with Crippen LogP contribution in [0.15, 0.2) is 78.4 Å². The van der Waals surface area contributed by atoms with E-state index in [1.807, 2.05) is 0 Å². The van der Waals surface area contributed by atoms with E-state index in [0.717, 1.165) is 22.4 Å². The van der Waals surface area contributed by atoms with Crippen LogP contribution in [-0.2, 0) is 32.6 Å². The largest absolute Gasteiger partial charge is 3.00 e. The fourth-order valence-electron chi connectivity index (χ4n) is 5.84. The summed E-state index contributed by atoms with van der Waals surface area (Å²) < 4.78 is 0. The Morgan fingerprint density at radius 2 is 1.55 bits per heavy atom. The van der Waals surface area contributed by atoms with E-state index in [1.165, 1.54) is 66.8 Å². The molecular formula is C34H34Cl2SiZr. The number of hydrogen-bond acceptors (Lipinski definition) is 0. The van der Waals surface area contributed by atoms with Crippen LogP contribution in [0, 0.1) is 19.9 Å². The van der Waals surface area contributed by atoms with Crippen LogP contribution in [0.4, 0.5) is 0 Å². The number of benzene rings is 4. The van der Waals surface area contributed by atoms with Crippen molar-refractivity contribution >= 4 is 15.6 Å². The molecule has 0 saturated carbocycles. The van der Waals surface area contributed by atoms with E-state index in [2.05, 4.69) is 119 Å². The minimum atomic E-state index is 0. The van der Waals surface area contributed by atoms with Gasteiger partial charge >= 0.3 is 26.2 Å². The minimum absolute atomic E-state index is 0. The summed E-state index contributed by atoms with van der Waals surface area (Å²) in [5.74, 6) is 0.296. The third-order valence-corrected chi connectivity index (χ3v) is 7.33. The maximum atomic E-state index is 3.69. The fraction of sp³-hybridized carbons (Fsp3) is 0.235. The van der Waals surface area contributed by atoms with Crippen molar-refractivity contribution < 1.29 is 51.0 Å². The molecule has 6 rings (SSSR count). The normalized spacial score (nSPS) is 13.8. The average Bonchev–Trinajstić information content (AvgIpc) is 3.43.